The van der Waals surface area contributed by atoms with Crippen LogP contribution in [0.2, 0.25) is 0 Å². The Labute approximate surface area is 207 Å². The molecule has 1 aromatic carbocycles. The number of nitrogens with one attached hydrogen (secondary N) is 2. The zero-order valence-corrected chi connectivity index (χ0v) is 19.9. The summed E-state index contributed by atoms with van der Waals surface area (Å²) in [6, 6.07) is 11.2. The van der Waals surface area contributed by atoms with E-state index in [2.05, 4.69) is 32.5 Å². The normalized spacial score (nSPS) is 14.9. The SMILES string of the molecule is CN1CCC(COc2cc(CNc3ncccc3C(=O)Nc3ccc(C(F)(F)F)cc3)ccn2)CC1. The molecule has 0 spiro atoms. The molecular formula is C26H28F3N5O2. The quantitative estimate of drug-likeness (QED) is 0.450. The second kappa shape index (κ2) is 11.4. The number of amides is 1. The molecule has 0 bridgehead atoms. The number of likely N-dealkylation sites (tertiary alicyclic amines) is 1. The van der Waals surface area contributed by atoms with Gasteiger partial charge in [-0.2, -0.15) is 13.2 Å². The highest BCUT2D eigenvalue weighted by Gasteiger charge is 2.30. The summed E-state index contributed by atoms with van der Waals surface area (Å²) >= 11 is 0. The van der Waals surface area contributed by atoms with Crippen LogP contribution in [0.25, 0.3) is 0 Å². The monoisotopic (exact) mass is 499 g/mol. The number of pyridine rings is 2. The Bertz CT molecular complexity index is 1160. The van der Waals surface area contributed by atoms with Crippen molar-refractivity contribution in [2.75, 3.05) is 37.4 Å². The first-order valence-corrected chi connectivity index (χ1v) is 11.7. The highest BCUT2D eigenvalue weighted by molar-refractivity contribution is 6.07. The summed E-state index contributed by atoms with van der Waals surface area (Å²) in [4.78, 5) is 23.7. The largest absolute Gasteiger partial charge is 0.477 e. The van der Waals surface area contributed by atoms with Gasteiger partial charge in [-0.25, -0.2) is 9.97 Å². The number of piperidine rings is 1. The Morgan fingerprint density at radius 1 is 1.08 bits per heavy atom. The van der Waals surface area contributed by atoms with Crippen molar-refractivity contribution in [1.82, 2.24) is 14.9 Å². The number of hydrogen-bond donors (Lipinski definition) is 2. The van der Waals surface area contributed by atoms with Crippen LogP contribution < -0.4 is 15.4 Å². The Balaban J connectivity index is 1.35. The number of nitrogens with zero attached hydrogens (tertiary/aromatic N) is 3. The van der Waals surface area contributed by atoms with Gasteiger partial charge in [-0.1, -0.05) is 0 Å². The molecule has 0 aliphatic carbocycles. The van der Waals surface area contributed by atoms with E-state index in [0.29, 0.717) is 30.8 Å². The van der Waals surface area contributed by atoms with E-state index in [4.69, 9.17) is 4.74 Å². The van der Waals surface area contributed by atoms with Crippen LogP contribution >= 0.6 is 0 Å². The van der Waals surface area contributed by atoms with Crippen molar-refractivity contribution >= 4 is 17.4 Å². The van der Waals surface area contributed by atoms with Crippen LogP contribution in [-0.4, -0.2) is 47.5 Å². The van der Waals surface area contributed by atoms with Gasteiger partial charge < -0.3 is 20.3 Å². The number of carbonyl (C=O) groups is 1. The molecule has 3 aromatic rings. The third-order valence-electron chi connectivity index (χ3n) is 6.09. The van der Waals surface area contributed by atoms with E-state index in [-0.39, 0.29) is 11.3 Å². The van der Waals surface area contributed by atoms with Crippen LogP contribution in [0.5, 0.6) is 5.88 Å². The summed E-state index contributed by atoms with van der Waals surface area (Å²) in [6.07, 6.45) is 1.01. The highest BCUT2D eigenvalue weighted by Crippen LogP contribution is 2.30. The van der Waals surface area contributed by atoms with Crippen LogP contribution in [0.3, 0.4) is 0 Å². The zero-order chi connectivity index (χ0) is 25.5. The molecule has 190 valence electrons. The van der Waals surface area contributed by atoms with E-state index in [1.165, 1.54) is 12.1 Å². The number of aromatic nitrogens is 2. The molecule has 7 nitrogen and oxygen atoms in total. The van der Waals surface area contributed by atoms with Crippen molar-refractivity contribution < 1.29 is 22.7 Å². The lowest BCUT2D eigenvalue weighted by Gasteiger charge is -2.28. The summed E-state index contributed by atoms with van der Waals surface area (Å²) in [6.45, 7) is 3.16. The number of ether oxygens (including phenoxy) is 1. The van der Waals surface area contributed by atoms with Crippen LogP contribution in [0.1, 0.15) is 34.3 Å². The predicted octanol–water partition coefficient (Wildman–Crippen LogP) is 5.08. The Hall–Kier alpha value is -3.66. The Morgan fingerprint density at radius 3 is 2.56 bits per heavy atom. The summed E-state index contributed by atoms with van der Waals surface area (Å²) in [7, 11) is 2.13. The summed E-state index contributed by atoms with van der Waals surface area (Å²) in [5.41, 5.74) is 0.646. The van der Waals surface area contributed by atoms with E-state index >= 15 is 0 Å². The van der Waals surface area contributed by atoms with Crippen molar-refractivity contribution in [2.24, 2.45) is 5.92 Å². The van der Waals surface area contributed by atoms with Gasteiger partial charge in [-0.05, 0) is 86.9 Å². The van der Waals surface area contributed by atoms with Crippen LogP contribution in [-0.2, 0) is 12.7 Å². The van der Waals surface area contributed by atoms with Crippen LogP contribution in [0.4, 0.5) is 24.7 Å². The standard InChI is InChI=1S/C26H28F3N5O2/c1-34-13-9-18(10-14-34)17-36-23-15-19(8-12-30-23)16-32-24-22(3-2-11-31-24)25(35)33-21-6-4-20(5-7-21)26(27,28)29/h2-8,11-12,15,18H,9-10,13-14,16-17H2,1H3,(H,31,32)(H,33,35). The van der Waals surface area contributed by atoms with Gasteiger partial charge >= 0.3 is 6.18 Å². The third kappa shape index (κ3) is 6.94. The molecule has 0 unspecified atom stereocenters. The van der Waals surface area contributed by atoms with E-state index in [9.17, 15) is 18.0 Å². The lowest BCUT2D eigenvalue weighted by molar-refractivity contribution is -0.137. The molecule has 1 aliphatic rings. The number of rotatable bonds is 8. The second-order valence-electron chi connectivity index (χ2n) is 8.84. The number of anilines is 2. The molecule has 1 fully saturated rings. The second-order valence-corrected chi connectivity index (χ2v) is 8.84. The Kier molecular flexibility index (Phi) is 8.04. The summed E-state index contributed by atoms with van der Waals surface area (Å²) in [5, 5.41) is 5.77. The fourth-order valence-corrected chi connectivity index (χ4v) is 3.93. The lowest BCUT2D eigenvalue weighted by atomic mass is 9.98. The van der Waals surface area contributed by atoms with E-state index in [0.717, 1.165) is 43.6 Å². The minimum atomic E-state index is -4.44. The number of benzene rings is 1. The summed E-state index contributed by atoms with van der Waals surface area (Å²) in [5.74, 6) is 0.938. The molecule has 0 saturated carbocycles. The third-order valence-corrected chi connectivity index (χ3v) is 6.09. The van der Waals surface area contributed by atoms with E-state index < -0.39 is 17.6 Å². The van der Waals surface area contributed by atoms with Gasteiger partial charge in [0.25, 0.3) is 5.91 Å². The molecule has 0 radical (unpaired) electrons. The molecule has 10 heteroatoms. The molecule has 2 aromatic heterocycles. The minimum Gasteiger partial charge on any atom is -0.477 e. The average molecular weight is 500 g/mol. The van der Waals surface area contributed by atoms with Crippen molar-refractivity contribution in [3.05, 3.63) is 77.6 Å². The first-order valence-electron chi connectivity index (χ1n) is 11.7. The molecule has 3 heterocycles. The van der Waals surface area contributed by atoms with Gasteiger partial charge in [0.15, 0.2) is 0 Å². The summed E-state index contributed by atoms with van der Waals surface area (Å²) < 4.78 is 44.2. The highest BCUT2D eigenvalue weighted by atomic mass is 19.4. The predicted molar refractivity (Wildman–Crippen MR) is 131 cm³/mol. The fourth-order valence-electron chi connectivity index (χ4n) is 3.93. The van der Waals surface area contributed by atoms with Crippen molar-refractivity contribution in [3.8, 4) is 5.88 Å². The van der Waals surface area contributed by atoms with Gasteiger partial charge in [0.1, 0.15) is 5.82 Å². The number of alkyl halides is 3. The maximum atomic E-state index is 12.8. The molecule has 1 saturated heterocycles. The molecule has 36 heavy (non-hydrogen) atoms. The molecule has 1 aliphatic heterocycles. The smallest absolute Gasteiger partial charge is 0.416 e. The van der Waals surface area contributed by atoms with Gasteiger partial charge in [0.2, 0.25) is 5.88 Å². The van der Waals surface area contributed by atoms with Gasteiger partial charge in [-0.3, -0.25) is 4.79 Å². The van der Waals surface area contributed by atoms with Gasteiger partial charge in [0, 0.05) is 30.7 Å². The topological polar surface area (TPSA) is 79.4 Å². The van der Waals surface area contributed by atoms with Crippen molar-refractivity contribution in [3.63, 3.8) is 0 Å². The minimum absolute atomic E-state index is 0.253. The number of hydrogen-bond acceptors (Lipinski definition) is 6. The van der Waals surface area contributed by atoms with Gasteiger partial charge in [0.05, 0.1) is 17.7 Å². The average Bonchev–Trinajstić information content (AvgIpc) is 2.87. The van der Waals surface area contributed by atoms with Gasteiger partial charge in [-0.15, -0.1) is 0 Å². The first-order chi connectivity index (χ1) is 17.3. The number of halogens is 3. The molecule has 0 atom stereocenters. The molecule has 1 amide bonds. The van der Waals surface area contributed by atoms with Crippen LogP contribution in [0.15, 0.2) is 60.9 Å². The first kappa shape index (κ1) is 25.4. The maximum absolute atomic E-state index is 12.8. The van der Waals surface area contributed by atoms with Crippen molar-refractivity contribution in [2.45, 2.75) is 25.6 Å². The fraction of sp³-hybridized carbons (Fsp3) is 0.346. The Morgan fingerprint density at radius 2 is 1.83 bits per heavy atom. The number of carbonyl (C=O) groups excluding carboxylic acids is 1. The molecule has 2 N–H and O–H groups in total. The van der Waals surface area contributed by atoms with Crippen LogP contribution in [0, 0.1) is 5.92 Å². The zero-order valence-electron chi connectivity index (χ0n) is 19.9. The van der Waals surface area contributed by atoms with E-state index in [1.807, 2.05) is 12.1 Å². The van der Waals surface area contributed by atoms with Crippen molar-refractivity contribution in [1.29, 1.82) is 0 Å². The lowest BCUT2D eigenvalue weighted by Crippen LogP contribution is -2.32. The van der Waals surface area contributed by atoms with E-state index in [1.54, 1.807) is 24.5 Å². The maximum Gasteiger partial charge on any atom is 0.416 e. The molecule has 4 rings (SSSR count). The molecular weight excluding hydrogens is 471 g/mol.